The Morgan fingerprint density at radius 1 is 0.769 bits per heavy atom. The fourth-order valence-corrected chi connectivity index (χ4v) is 3.92. The fourth-order valence-electron chi connectivity index (χ4n) is 3.22. The summed E-state index contributed by atoms with van der Waals surface area (Å²) in [6, 6.07) is 0. The van der Waals surface area contributed by atoms with E-state index in [1.807, 2.05) is 0 Å². The van der Waals surface area contributed by atoms with Crippen LogP contribution in [0.1, 0.15) is 117 Å². The summed E-state index contributed by atoms with van der Waals surface area (Å²) in [4.78, 5) is 17.9. The van der Waals surface area contributed by atoms with E-state index < -0.39 is 19.5 Å². The molecule has 0 heterocycles. The number of rotatable bonds is 18. The predicted molar refractivity (Wildman–Crippen MR) is 108 cm³/mol. The zero-order valence-electron chi connectivity index (χ0n) is 17.3. The van der Waals surface area contributed by atoms with Crippen LogP contribution in [0.25, 0.3) is 0 Å². The van der Waals surface area contributed by atoms with Gasteiger partial charge in [0, 0.05) is 0 Å². The second-order valence-corrected chi connectivity index (χ2v) is 9.32. The van der Waals surface area contributed by atoms with Gasteiger partial charge in [-0.25, -0.2) is 4.57 Å². The average Bonchev–Trinajstić information content (AvgIpc) is 2.52. The van der Waals surface area contributed by atoms with Crippen LogP contribution in [0.15, 0.2) is 0 Å². The lowest BCUT2D eigenvalue weighted by atomic mass is 9.96. The summed E-state index contributed by atoms with van der Waals surface area (Å²) < 4.78 is 15.7. The minimum atomic E-state index is -4.57. The maximum atomic E-state index is 11.0. The summed E-state index contributed by atoms with van der Waals surface area (Å²) in [5.41, 5.74) is -1.25. The number of phosphoric ester groups is 1. The molecule has 158 valence electrons. The van der Waals surface area contributed by atoms with Crippen LogP contribution < -0.4 is 0 Å². The van der Waals surface area contributed by atoms with E-state index >= 15 is 0 Å². The molecule has 5 nitrogen and oxygen atoms in total. The fraction of sp³-hybridized carbons (Fsp3) is 1.00. The molecule has 1 unspecified atom stereocenters. The lowest BCUT2D eigenvalue weighted by molar-refractivity contribution is -0.0497. The van der Waals surface area contributed by atoms with Gasteiger partial charge in [0.15, 0.2) is 0 Å². The van der Waals surface area contributed by atoms with Crippen molar-refractivity contribution in [2.24, 2.45) is 0 Å². The molecular weight excluding hydrogens is 351 g/mol. The summed E-state index contributed by atoms with van der Waals surface area (Å²) in [5, 5.41) is 9.98. The number of hydrogen-bond donors (Lipinski definition) is 3. The van der Waals surface area contributed by atoms with Gasteiger partial charge in [-0.1, -0.05) is 96.8 Å². The van der Waals surface area contributed by atoms with E-state index in [1.165, 1.54) is 84.5 Å². The molecule has 0 bridgehead atoms. The lowest BCUT2D eigenvalue weighted by Crippen LogP contribution is -2.37. The second-order valence-electron chi connectivity index (χ2n) is 8.12. The van der Waals surface area contributed by atoms with Crippen molar-refractivity contribution in [1.82, 2.24) is 0 Å². The van der Waals surface area contributed by atoms with Gasteiger partial charge in [-0.2, -0.15) is 0 Å². The van der Waals surface area contributed by atoms with Gasteiger partial charge in [0.1, 0.15) is 0 Å². The molecule has 3 N–H and O–H groups in total. The predicted octanol–water partition coefficient (Wildman–Crippen LogP) is 6.11. The minimum absolute atomic E-state index is 0.465. The number of aliphatic hydroxyl groups is 1. The van der Waals surface area contributed by atoms with Crippen molar-refractivity contribution in [3.8, 4) is 0 Å². The van der Waals surface area contributed by atoms with Crippen LogP contribution in [0.2, 0.25) is 0 Å². The standard InChI is InChI=1S/C20H43O5P/c1-4-5-6-7-8-9-10-11-12-13-14-15-16-17-18-19(20(2,3)21)25-26(22,23)24/h19,21H,4-18H2,1-3H3,(H2,22,23,24). The van der Waals surface area contributed by atoms with E-state index in [-0.39, 0.29) is 0 Å². The normalized spacial score (nSPS) is 13.9. The van der Waals surface area contributed by atoms with Crippen LogP contribution in [0.5, 0.6) is 0 Å². The molecule has 0 fully saturated rings. The molecule has 0 aromatic heterocycles. The van der Waals surface area contributed by atoms with Crippen LogP contribution in [0, 0.1) is 0 Å². The minimum Gasteiger partial charge on any atom is -0.388 e. The first-order valence-corrected chi connectivity index (χ1v) is 12.2. The van der Waals surface area contributed by atoms with Crippen molar-refractivity contribution in [2.45, 2.75) is 129 Å². The molecule has 1 atom stereocenters. The summed E-state index contributed by atoms with van der Waals surface area (Å²) in [6.45, 7) is 5.30. The van der Waals surface area contributed by atoms with Crippen LogP contribution >= 0.6 is 7.82 Å². The summed E-state index contributed by atoms with van der Waals surface area (Å²) in [7, 11) is -4.57. The highest BCUT2D eigenvalue weighted by Gasteiger charge is 2.33. The zero-order valence-corrected chi connectivity index (χ0v) is 18.2. The molecule has 26 heavy (non-hydrogen) atoms. The van der Waals surface area contributed by atoms with E-state index in [0.29, 0.717) is 6.42 Å². The Balaban J connectivity index is 3.52. The van der Waals surface area contributed by atoms with E-state index in [4.69, 9.17) is 14.3 Å². The smallest absolute Gasteiger partial charge is 0.388 e. The number of unbranched alkanes of at least 4 members (excludes halogenated alkanes) is 13. The molecule has 0 saturated carbocycles. The monoisotopic (exact) mass is 394 g/mol. The maximum Gasteiger partial charge on any atom is 0.469 e. The summed E-state index contributed by atoms with van der Waals surface area (Å²) in [6.07, 6.45) is 17.3. The Hall–Kier alpha value is 0.0700. The van der Waals surface area contributed by atoms with E-state index in [0.717, 1.165) is 19.3 Å². The molecule has 0 saturated heterocycles. The highest BCUT2D eigenvalue weighted by atomic mass is 31.2. The van der Waals surface area contributed by atoms with Crippen molar-refractivity contribution in [2.75, 3.05) is 0 Å². The summed E-state index contributed by atoms with van der Waals surface area (Å²) in [5.74, 6) is 0. The Kier molecular flexibility index (Phi) is 15.1. The molecule has 0 rings (SSSR count). The van der Waals surface area contributed by atoms with E-state index in [9.17, 15) is 9.67 Å². The maximum absolute atomic E-state index is 11.0. The van der Waals surface area contributed by atoms with Gasteiger partial charge in [0.05, 0.1) is 11.7 Å². The van der Waals surface area contributed by atoms with Crippen molar-refractivity contribution in [3.05, 3.63) is 0 Å². The van der Waals surface area contributed by atoms with Gasteiger partial charge in [-0.05, 0) is 20.3 Å². The molecule has 0 spiro atoms. The van der Waals surface area contributed by atoms with Crippen molar-refractivity contribution in [3.63, 3.8) is 0 Å². The molecule has 0 radical (unpaired) electrons. The third-order valence-corrected chi connectivity index (χ3v) is 5.40. The Bertz CT molecular complexity index is 362. The molecule has 0 aromatic rings. The Morgan fingerprint density at radius 2 is 1.12 bits per heavy atom. The third kappa shape index (κ3) is 17.5. The van der Waals surface area contributed by atoms with Gasteiger partial charge in [0.2, 0.25) is 0 Å². The SMILES string of the molecule is CCCCCCCCCCCCCCCCC(OP(=O)(O)O)C(C)(C)O. The topological polar surface area (TPSA) is 87.0 Å². The highest BCUT2D eigenvalue weighted by molar-refractivity contribution is 7.46. The first-order chi connectivity index (χ1) is 12.2. The van der Waals surface area contributed by atoms with Crippen molar-refractivity contribution >= 4 is 7.82 Å². The van der Waals surface area contributed by atoms with E-state index in [2.05, 4.69) is 6.92 Å². The Labute approximate surface area is 161 Å². The Morgan fingerprint density at radius 3 is 1.42 bits per heavy atom. The van der Waals surface area contributed by atoms with Gasteiger partial charge in [-0.15, -0.1) is 0 Å². The third-order valence-electron chi connectivity index (χ3n) is 4.87. The largest absolute Gasteiger partial charge is 0.469 e. The van der Waals surface area contributed by atoms with Crippen LogP contribution in [-0.4, -0.2) is 26.6 Å². The van der Waals surface area contributed by atoms with Crippen LogP contribution in [0.4, 0.5) is 0 Å². The van der Waals surface area contributed by atoms with Gasteiger partial charge in [-0.3, -0.25) is 4.52 Å². The molecule has 0 aromatic carbocycles. The van der Waals surface area contributed by atoms with Crippen molar-refractivity contribution in [1.29, 1.82) is 0 Å². The van der Waals surface area contributed by atoms with E-state index in [1.54, 1.807) is 0 Å². The number of phosphoric acid groups is 1. The second kappa shape index (κ2) is 15.0. The quantitative estimate of drug-likeness (QED) is 0.193. The van der Waals surface area contributed by atoms with Crippen molar-refractivity contribution < 1.29 is 24.0 Å². The highest BCUT2D eigenvalue weighted by Crippen LogP contribution is 2.41. The molecule has 0 aliphatic heterocycles. The van der Waals surface area contributed by atoms with Crippen LogP contribution in [-0.2, 0) is 9.09 Å². The first kappa shape index (κ1) is 26.1. The molecule has 0 amide bonds. The average molecular weight is 395 g/mol. The molecule has 0 aliphatic rings. The van der Waals surface area contributed by atoms with Crippen LogP contribution in [0.3, 0.4) is 0 Å². The number of hydrogen-bond acceptors (Lipinski definition) is 3. The summed E-state index contributed by atoms with van der Waals surface area (Å²) >= 11 is 0. The first-order valence-electron chi connectivity index (χ1n) is 10.6. The molecule has 6 heteroatoms. The van der Waals surface area contributed by atoms with Gasteiger partial charge < -0.3 is 14.9 Å². The molecule has 0 aliphatic carbocycles. The lowest BCUT2D eigenvalue weighted by Gasteiger charge is -2.29. The van der Waals surface area contributed by atoms with Gasteiger partial charge in [0.25, 0.3) is 0 Å². The van der Waals surface area contributed by atoms with Gasteiger partial charge >= 0.3 is 7.82 Å². The molecular formula is C20H43O5P. The zero-order chi connectivity index (χ0) is 19.9.